The Hall–Kier alpha value is -2.19. The average Bonchev–Trinajstić information content (AvgIpc) is 2.65. The van der Waals surface area contributed by atoms with Gasteiger partial charge >= 0.3 is 5.97 Å². The minimum absolute atomic E-state index is 0.131. The molecule has 2 aromatic rings. The van der Waals surface area contributed by atoms with Crippen LogP contribution in [0.15, 0.2) is 36.7 Å². The van der Waals surface area contributed by atoms with Crippen LogP contribution in [0.1, 0.15) is 22.3 Å². The number of aromatic nitrogens is 1. The zero-order valence-corrected chi connectivity index (χ0v) is 15.7. The summed E-state index contributed by atoms with van der Waals surface area (Å²) in [5.41, 5.74) is 1.55. The van der Waals surface area contributed by atoms with Gasteiger partial charge in [0.05, 0.1) is 22.2 Å². The first-order valence-electron chi connectivity index (χ1n) is 8.04. The monoisotopic (exact) mass is 412 g/mol. The highest BCUT2D eigenvalue weighted by atomic mass is 35.5. The molecule has 0 radical (unpaired) electrons. The Balaban J connectivity index is 1.88. The maximum atomic E-state index is 12.3. The quantitative estimate of drug-likeness (QED) is 0.574. The normalized spacial score (nSPS) is 11.7. The van der Waals surface area contributed by atoms with Crippen molar-refractivity contribution >= 4 is 40.8 Å². The predicted octanol–water partition coefficient (Wildman–Crippen LogP) is 2.47. The zero-order valence-electron chi connectivity index (χ0n) is 14.2. The zero-order chi connectivity index (χ0) is 19.8. The van der Waals surface area contributed by atoms with E-state index in [0.717, 1.165) is 5.56 Å². The van der Waals surface area contributed by atoms with E-state index in [1.54, 1.807) is 24.3 Å². The molecule has 0 fully saturated rings. The van der Waals surface area contributed by atoms with Crippen LogP contribution in [0.3, 0.4) is 0 Å². The van der Waals surface area contributed by atoms with Crippen LogP contribution in [0.2, 0.25) is 10.0 Å². The molecule has 1 heterocycles. The van der Waals surface area contributed by atoms with Crippen LogP contribution in [0.5, 0.6) is 0 Å². The molecule has 0 aliphatic carbocycles. The van der Waals surface area contributed by atoms with Crippen molar-refractivity contribution in [2.24, 2.45) is 0 Å². The van der Waals surface area contributed by atoms with Crippen LogP contribution in [0.4, 0.5) is 5.69 Å². The molecule has 27 heavy (non-hydrogen) atoms. The number of hydrogen-bond donors (Lipinski definition) is 3. The van der Waals surface area contributed by atoms with Crippen molar-refractivity contribution in [1.29, 1.82) is 0 Å². The number of benzene rings is 1. The van der Waals surface area contributed by atoms with Gasteiger partial charge in [-0.3, -0.25) is 14.6 Å². The third-order valence-corrected chi connectivity index (χ3v) is 4.13. The standard InChI is InChI=1S/C18H18Cl2N2O5/c19-14-7-21-8-15(20)17(14)18(26)22-12-4-1-11(2-5-12)3-6-16(25)27-10-13(24)9-23/h1-2,4-5,7-8,13,23-24H,3,6,9-10H2,(H,22,26). The molecule has 1 aromatic heterocycles. The molecular weight excluding hydrogens is 395 g/mol. The van der Waals surface area contributed by atoms with Crippen LogP contribution in [-0.4, -0.2) is 46.4 Å². The molecule has 0 saturated carbocycles. The van der Waals surface area contributed by atoms with Gasteiger partial charge in [-0.1, -0.05) is 35.3 Å². The molecular formula is C18H18Cl2N2O5. The Labute approximate surface area is 165 Å². The van der Waals surface area contributed by atoms with Crippen molar-refractivity contribution in [1.82, 2.24) is 4.98 Å². The first kappa shape index (κ1) is 21.1. The fraction of sp³-hybridized carbons (Fsp3) is 0.278. The molecule has 1 amide bonds. The maximum Gasteiger partial charge on any atom is 0.306 e. The van der Waals surface area contributed by atoms with E-state index in [-0.39, 0.29) is 28.6 Å². The third kappa shape index (κ3) is 6.48. The Bertz CT molecular complexity index is 779. The van der Waals surface area contributed by atoms with E-state index in [4.69, 9.17) is 38.2 Å². The molecule has 1 atom stereocenters. The summed E-state index contributed by atoms with van der Waals surface area (Å²) in [5.74, 6) is -0.923. The smallest absolute Gasteiger partial charge is 0.306 e. The number of halogens is 2. The minimum atomic E-state index is -1.07. The number of ether oxygens (including phenoxy) is 1. The molecule has 2 rings (SSSR count). The lowest BCUT2D eigenvalue weighted by Gasteiger charge is -2.10. The van der Waals surface area contributed by atoms with E-state index in [1.165, 1.54) is 12.4 Å². The van der Waals surface area contributed by atoms with Gasteiger partial charge in [-0.05, 0) is 24.1 Å². The van der Waals surface area contributed by atoms with Crippen LogP contribution in [0, 0.1) is 0 Å². The third-order valence-electron chi connectivity index (χ3n) is 3.56. The lowest BCUT2D eigenvalue weighted by atomic mass is 10.1. The van der Waals surface area contributed by atoms with E-state index < -0.39 is 24.6 Å². The van der Waals surface area contributed by atoms with Crippen LogP contribution < -0.4 is 5.32 Å². The average molecular weight is 413 g/mol. The minimum Gasteiger partial charge on any atom is -0.463 e. The van der Waals surface area contributed by atoms with E-state index in [1.807, 2.05) is 0 Å². The predicted molar refractivity (Wildman–Crippen MR) is 101 cm³/mol. The molecule has 3 N–H and O–H groups in total. The van der Waals surface area contributed by atoms with Crippen molar-refractivity contribution in [2.45, 2.75) is 18.9 Å². The highest BCUT2D eigenvalue weighted by Crippen LogP contribution is 2.24. The summed E-state index contributed by atoms with van der Waals surface area (Å²) in [4.78, 5) is 27.7. The highest BCUT2D eigenvalue weighted by Gasteiger charge is 2.15. The number of aliphatic hydroxyl groups excluding tert-OH is 2. The second-order valence-electron chi connectivity index (χ2n) is 5.65. The number of nitrogens with zero attached hydrogens (tertiary/aromatic N) is 1. The van der Waals surface area contributed by atoms with Gasteiger partial charge in [-0.15, -0.1) is 0 Å². The van der Waals surface area contributed by atoms with Gasteiger partial charge in [0.15, 0.2) is 0 Å². The van der Waals surface area contributed by atoms with Crippen LogP contribution >= 0.6 is 23.2 Å². The number of esters is 1. The summed E-state index contributed by atoms with van der Waals surface area (Å²) in [6.07, 6.45) is 2.17. The molecule has 1 unspecified atom stereocenters. The first-order chi connectivity index (χ1) is 12.9. The fourth-order valence-electron chi connectivity index (χ4n) is 2.14. The number of hydrogen-bond acceptors (Lipinski definition) is 6. The molecule has 7 nitrogen and oxygen atoms in total. The van der Waals surface area contributed by atoms with E-state index >= 15 is 0 Å². The van der Waals surface area contributed by atoms with Gasteiger partial charge in [-0.2, -0.15) is 0 Å². The van der Waals surface area contributed by atoms with Crippen molar-refractivity contribution < 1.29 is 24.5 Å². The summed E-state index contributed by atoms with van der Waals surface area (Å²) < 4.78 is 4.83. The number of carbonyl (C=O) groups excluding carboxylic acids is 2. The number of pyridine rings is 1. The van der Waals surface area contributed by atoms with Crippen LogP contribution in [0.25, 0.3) is 0 Å². The van der Waals surface area contributed by atoms with Gasteiger partial charge in [0.25, 0.3) is 5.91 Å². The first-order valence-corrected chi connectivity index (χ1v) is 8.80. The Morgan fingerprint density at radius 1 is 1.15 bits per heavy atom. The molecule has 0 aliphatic rings. The Kier molecular flexibility index (Phi) is 7.99. The number of amides is 1. The largest absolute Gasteiger partial charge is 0.463 e. The summed E-state index contributed by atoms with van der Waals surface area (Å²) in [5, 5.41) is 20.8. The number of aliphatic hydroxyl groups is 2. The molecule has 0 bridgehead atoms. The van der Waals surface area contributed by atoms with Crippen LogP contribution in [-0.2, 0) is 16.0 Å². The lowest BCUT2D eigenvalue weighted by molar-refractivity contribution is -0.147. The molecule has 1 aromatic carbocycles. The summed E-state index contributed by atoms with van der Waals surface area (Å²) in [7, 11) is 0. The van der Waals surface area contributed by atoms with Crippen molar-refractivity contribution in [2.75, 3.05) is 18.5 Å². The second-order valence-corrected chi connectivity index (χ2v) is 6.46. The molecule has 0 aliphatic heterocycles. The van der Waals surface area contributed by atoms with Gasteiger partial charge < -0.3 is 20.3 Å². The van der Waals surface area contributed by atoms with Gasteiger partial charge in [0.1, 0.15) is 12.7 Å². The molecule has 0 spiro atoms. The van der Waals surface area contributed by atoms with Crippen molar-refractivity contribution in [3.63, 3.8) is 0 Å². The second kappa shape index (κ2) is 10.2. The number of rotatable bonds is 8. The van der Waals surface area contributed by atoms with E-state index in [2.05, 4.69) is 10.3 Å². The topological polar surface area (TPSA) is 109 Å². The molecule has 9 heteroatoms. The summed E-state index contributed by atoms with van der Waals surface area (Å²) >= 11 is 11.9. The Morgan fingerprint density at radius 3 is 2.37 bits per heavy atom. The van der Waals surface area contributed by atoms with Crippen molar-refractivity contribution in [3.8, 4) is 0 Å². The number of carbonyl (C=O) groups is 2. The summed E-state index contributed by atoms with van der Waals surface area (Å²) in [6, 6.07) is 6.91. The molecule has 0 saturated heterocycles. The number of aryl methyl sites for hydroxylation is 1. The number of nitrogens with one attached hydrogen (secondary N) is 1. The van der Waals surface area contributed by atoms with Crippen molar-refractivity contribution in [3.05, 3.63) is 57.8 Å². The van der Waals surface area contributed by atoms with Gasteiger partial charge in [0.2, 0.25) is 0 Å². The molecule has 144 valence electrons. The maximum absolute atomic E-state index is 12.3. The SMILES string of the molecule is O=C(CCc1ccc(NC(=O)c2c(Cl)cncc2Cl)cc1)OCC(O)CO. The van der Waals surface area contributed by atoms with E-state index in [0.29, 0.717) is 12.1 Å². The lowest BCUT2D eigenvalue weighted by Crippen LogP contribution is -2.22. The van der Waals surface area contributed by atoms with Gasteiger partial charge in [0, 0.05) is 24.5 Å². The Morgan fingerprint density at radius 2 is 1.78 bits per heavy atom. The fourth-order valence-corrected chi connectivity index (χ4v) is 2.67. The highest BCUT2D eigenvalue weighted by molar-refractivity contribution is 6.40. The van der Waals surface area contributed by atoms with E-state index in [9.17, 15) is 9.59 Å². The van der Waals surface area contributed by atoms with Gasteiger partial charge in [-0.25, -0.2) is 0 Å². The number of anilines is 1. The summed E-state index contributed by atoms with van der Waals surface area (Å²) in [6.45, 7) is -0.698.